The molecule has 1 N–H and O–H groups in total. The molecule has 0 spiro atoms. The van der Waals surface area contributed by atoms with Crippen LogP contribution in [-0.2, 0) is 9.53 Å². The molecule has 2 saturated heterocycles. The van der Waals surface area contributed by atoms with E-state index < -0.39 is 0 Å². The highest BCUT2D eigenvalue weighted by molar-refractivity contribution is 7.10. The number of thiophene rings is 1. The Labute approximate surface area is 142 Å². The molecule has 0 saturated carbocycles. The number of likely N-dealkylation sites (tertiary alicyclic amines) is 1. The van der Waals surface area contributed by atoms with Gasteiger partial charge in [-0.3, -0.25) is 9.69 Å². The van der Waals surface area contributed by atoms with Crippen LogP contribution >= 0.6 is 11.3 Å². The van der Waals surface area contributed by atoms with E-state index in [-0.39, 0.29) is 11.9 Å². The number of carbonyl (C=O) groups excluding carboxylic acids is 1. The van der Waals surface area contributed by atoms with Crippen LogP contribution in [0.15, 0.2) is 17.5 Å². The molecule has 0 aliphatic carbocycles. The molecule has 3 rings (SSSR count). The standard InChI is InChI=1S/C17H27N3O2S/c1-14(17(21)20-6-2-3-7-20)18-13-15(16-5-4-12-23-16)19-8-10-22-11-9-19/h4-5,12,14-15,18H,2-3,6-11,13H2,1H3/t14-,15-/m1/s1. The number of carbonyl (C=O) groups is 1. The SMILES string of the molecule is C[C@@H](NC[C@H](c1cccs1)N1CCOCC1)C(=O)N1CCCC1. The van der Waals surface area contributed by atoms with Gasteiger partial charge >= 0.3 is 0 Å². The maximum atomic E-state index is 12.5. The van der Waals surface area contributed by atoms with Crippen molar-refractivity contribution in [3.05, 3.63) is 22.4 Å². The van der Waals surface area contributed by atoms with Gasteiger partial charge in [-0.1, -0.05) is 6.07 Å². The third-order valence-corrected chi connectivity index (χ3v) is 5.74. The van der Waals surface area contributed by atoms with E-state index in [1.807, 2.05) is 11.8 Å². The van der Waals surface area contributed by atoms with Crippen molar-refractivity contribution in [2.75, 3.05) is 45.9 Å². The zero-order valence-electron chi connectivity index (χ0n) is 13.9. The number of morpholine rings is 1. The van der Waals surface area contributed by atoms with Crippen molar-refractivity contribution < 1.29 is 9.53 Å². The topological polar surface area (TPSA) is 44.8 Å². The van der Waals surface area contributed by atoms with Crippen LogP contribution in [0.1, 0.15) is 30.7 Å². The number of hydrogen-bond donors (Lipinski definition) is 1. The molecular formula is C17H27N3O2S. The van der Waals surface area contributed by atoms with Crippen LogP contribution in [0.2, 0.25) is 0 Å². The van der Waals surface area contributed by atoms with Crippen LogP contribution in [0.25, 0.3) is 0 Å². The van der Waals surface area contributed by atoms with Gasteiger partial charge in [0.15, 0.2) is 0 Å². The monoisotopic (exact) mass is 337 g/mol. The second-order valence-electron chi connectivity index (χ2n) is 6.34. The fraction of sp³-hybridized carbons (Fsp3) is 0.706. The molecule has 0 radical (unpaired) electrons. The Balaban J connectivity index is 1.58. The Bertz CT molecular complexity index is 482. The van der Waals surface area contributed by atoms with Gasteiger partial charge in [-0.25, -0.2) is 0 Å². The summed E-state index contributed by atoms with van der Waals surface area (Å²) in [4.78, 5) is 18.3. The zero-order valence-corrected chi connectivity index (χ0v) is 14.7. The molecular weight excluding hydrogens is 310 g/mol. The molecule has 0 aromatic carbocycles. The molecule has 1 amide bonds. The molecule has 3 heterocycles. The Kier molecular flexibility index (Phi) is 6.05. The van der Waals surface area contributed by atoms with Gasteiger partial charge in [0.1, 0.15) is 0 Å². The predicted octanol–water partition coefficient (Wildman–Crippen LogP) is 1.72. The van der Waals surface area contributed by atoms with Crippen molar-refractivity contribution in [1.29, 1.82) is 0 Å². The highest BCUT2D eigenvalue weighted by atomic mass is 32.1. The van der Waals surface area contributed by atoms with E-state index in [4.69, 9.17) is 4.74 Å². The van der Waals surface area contributed by atoms with Crippen molar-refractivity contribution in [3.8, 4) is 0 Å². The van der Waals surface area contributed by atoms with E-state index in [1.165, 1.54) is 4.88 Å². The van der Waals surface area contributed by atoms with Gasteiger partial charge in [0.2, 0.25) is 5.91 Å². The normalized spacial score (nSPS) is 22.2. The molecule has 2 fully saturated rings. The van der Waals surface area contributed by atoms with Crippen molar-refractivity contribution >= 4 is 17.2 Å². The van der Waals surface area contributed by atoms with Crippen LogP contribution in [0, 0.1) is 0 Å². The first-order chi connectivity index (χ1) is 11.3. The van der Waals surface area contributed by atoms with Gasteiger partial charge in [0.05, 0.1) is 25.3 Å². The minimum Gasteiger partial charge on any atom is -0.379 e. The molecule has 23 heavy (non-hydrogen) atoms. The lowest BCUT2D eigenvalue weighted by Crippen LogP contribution is -2.48. The predicted molar refractivity (Wildman–Crippen MR) is 92.7 cm³/mol. The Hall–Kier alpha value is -0.950. The summed E-state index contributed by atoms with van der Waals surface area (Å²) in [7, 11) is 0. The average Bonchev–Trinajstić information content (AvgIpc) is 3.29. The zero-order chi connectivity index (χ0) is 16.1. The van der Waals surface area contributed by atoms with Crippen LogP contribution in [0.5, 0.6) is 0 Å². The number of rotatable bonds is 6. The Morgan fingerprint density at radius 2 is 2.04 bits per heavy atom. The van der Waals surface area contributed by atoms with Gasteiger partial charge in [0, 0.05) is 37.6 Å². The van der Waals surface area contributed by atoms with E-state index in [0.717, 1.165) is 58.8 Å². The summed E-state index contributed by atoms with van der Waals surface area (Å²) < 4.78 is 5.48. The summed E-state index contributed by atoms with van der Waals surface area (Å²) >= 11 is 1.79. The van der Waals surface area contributed by atoms with Crippen LogP contribution in [-0.4, -0.2) is 67.7 Å². The highest BCUT2D eigenvalue weighted by Gasteiger charge is 2.27. The molecule has 128 valence electrons. The van der Waals surface area contributed by atoms with E-state index >= 15 is 0 Å². The van der Waals surface area contributed by atoms with Gasteiger partial charge in [-0.05, 0) is 31.2 Å². The second kappa shape index (κ2) is 8.24. The number of nitrogens with zero attached hydrogens (tertiary/aromatic N) is 2. The molecule has 0 bridgehead atoms. The third kappa shape index (κ3) is 4.32. The first-order valence-corrected chi connectivity index (χ1v) is 9.51. The highest BCUT2D eigenvalue weighted by Crippen LogP contribution is 2.25. The fourth-order valence-electron chi connectivity index (χ4n) is 3.37. The maximum Gasteiger partial charge on any atom is 0.239 e. The minimum absolute atomic E-state index is 0.114. The molecule has 5 nitrogen and oxygen atoms in total. The second-order valence-corrected chi connectivity index (χ2v) is 7.32. The van der Waals surface area contributed by atoms with E-state index in [1.54, 1.807) is 11.3 Å². The van der Waals surface area contributed by atoms with Gasteiger partial charge in [0.25, 0.3) is 0 Å². The fourth-order valence-corrected chi connectivity index (χ4v) is 4.23. The van der Waals surface area contributed by atoms with Crippen LogP contribution in [0.3, 0.4) is 0 Å². The molecule has 1 aromatic rings. The maximum absolute atomic E-state index is 12.5. The van der Waals surface area contributed by atoms with Gasteiger partial charge < -0.3 is 15.0 Å². The van der Waals surface area contributed by atoms with Crippen LogP contribution < -0.4 is 5.32 Å². The third-order valence-electron chi connectivity index (χ3n) is 4.76. The summed E-state index contributed by atoms with van der Waals surface area (Å²) in [6.45, 7) is 8.14. The number of hydrogen-bond acceptors (Lipinski definition) is 5. The molecule has 2 aliphatic heterocycles. The lowest BCUT2D eigenvalue weighted by Gasteiger charge is -2.35. The molecule has 2 aliphatic rings. The summed E-state index contributed by atoms with van der Waals surface area (Å²) in [5, 5.41) is 5.60. The summed E-state index contributed by atoms with van der Waals surface area (Å²) in [5.74, 6) is 0.245. The van der Waals surface area contributed by atoms with E-state index in [9.17, 15) is 4.79 Å². The number of amides is 1. The smallest absolute Gasteiger partial charge is 0.239 e. The van der Waals surface area contributed by atoms with Gasteiger partial charge in [-0.15, -0.1) is 11.3 Å². The van der Waals surface area contributed by atoms with E-state index in [2.05, 4.69) is 27.7 Å². The van der Waals surface area contributed by atoms with Crippen molar-refractivity contribution in [3.63, 3.8) is 0 Å². The Morgan fingerprint density at radius 3 is 2.70 bits per heavy atom. The molecule has 2 atom stereocenters. The summed E-state index contributed by atoms with van der Waals surface area (Å²) in [5.41, 5.74) is 0. The van der Waals surface area contributed by atoms with Crippen molar-refractivity contribution in [1.82, 2.24) is 15.1 Å². The lowest BCUT2D eigenvalue weighted by atomic mass is 10.1. The quantitative estimate of drug-likeness (QED) is 0.858. The Morgan fingerprint density at radius 1 is 1.30 bits per heavy atom. The van der Waals surface area contributed by atoms with Gasteiger partial charge in [-0.2, -0.15) is 0 Å². The number of ether oxygens (including phenoxy) is 1. The average molecular weight is 337 g/mol. The molecule has 0 unspecified atom stereocenters. The van der Waals surface area contributed by atoms with Crippen molar-refractivity contribution in [2.45, 2.75) is 31.8 Å². The molecule has 6 heteroatoms. The summed E-state index contributed by atoms with van der Waals surface area (Å²) in [6.07, 6.45) is 2.29. The first-order valence-electron chi connectivity index (χ1n) is 8.63. The first kappa shape index (κ1) is 16.9. The lowest BCUT2D eigenvalue weighted by molar-refractivity contribution is -0.132. The molecule has 1 aromatic heterocycles. The van der Waals surface area contributed by atoms with Crippen molar-refractivity contribution in [2.24, 2.45) is 0 Å². The van der Waals surface area contributed by atoms with Crippen LogP contribution in [0.4, 0.5) is 0 Å². The minimum atomic E-state index is -0.114. The van der Waals surface area contributed by atoms with E-state index in [0.29, 0.717) is 6.04 Å². The number of nitrogens with one attached hydrogen (secondary N) is 1. The summed E-state index contributed by atoms with van der Waals surface area (Å²) in [6, 6.07) is 4.51. The largest absolute Gasteiger partial charge is 0.379 e.